The number of benzene rings is 2. The molecule has 2 aromatic carbocycles. The predicted octanol–water partition coefficient (Wildman–Crippen LogP) is 3.97. The van der Waals surface area contributed by atoms with E-state index < -0.39 is 0 Å². The SMILES string of the molecule is CCOc1ccc(C(=O)N=c2sc3cc(CC)ccc3n2CCC(=O)OC)cc1. The van der Waals surface area contributed by atoms with Crippen molar-refractivity contribution < 1.29 is 19.1 Å². The minimum Gasteiger partial charge on any atom is -0.494 e. The lowest BCUT2D eigenvalue weighted by atomic mass is 10.2. The van der Waals surface area contributed by atoms with Crippen LogP contribution in [0.15, 0.2) is 47.5 Å². The number of amides is 1. The van der Waals surface area contributed by atoms with Crippen molar-refractivity contribution >= 4 is 33.4 Å². The lowest BCUT2D eigenvalue weighted by Gasteiger charge is -2.05. The molecule has 0 fully saturated rings. The number of hydrogen-bond donors (Lipinski definition) is 0. The van der Waals surface area contributed by atoms with Crippen LogP contribution in [-0.4, -0.2) is 30.2 Å². The molecule has 0 aliphatic heterocycles. The topological polar surface area (TPSA) is 69.9 Å². The number of nitrogens with zero attached hydrogens (tertiary/aromatic N) is 2. The zero-order valence-corrected chi connectivity index (χ0v) is 17.6. The smallest absolute Gasteiger partial charge is 0.307 e. The maximum Gasteiger partial charge on any atom is 0.307 e. The van der Waals surface area contributed by atoms with Gasteiger partial charge in [0.25, 0.3) is 5.91 Å². The molecule has 0 spiro atoms. The fraction of sp³-hybridized carbons (Fsp3) is 0.318. The van der Waals surface area contributed by atoms with Crippen molar-refractivity contribution in [2.75, 3.05) is 13.7 Å². The first kappa shape index (κ1) is 20.8. The fourth-order valence-corrected chi connectivity index (χ4v) is 4.07. The van der Waals surface area contributed by atoms with Gasteiger partial charge in [-0.3, -0.25) is 9.59 Å². The third-order valence-electron chi connectivity index (χ3n) is 4.53. The quantitative estimate of drug-likeness (QED) is 0.551. The maximum absolute atomic E-state index is 12.7. The molecule has 1 aromatic heterocycles. The number of esters is 1. The number of methoxy groups -OCH3 is 1. The first-order valence-corrected chi connectivity index (χ1v) is 10.4. The lowest BCUT2D eigenvalue weighted by molar-refractivity contribution is -0.140. The van der Waals surface area contributed by atoms with E-state index in [1.165, 1.54) is 24.0 Å². The molecular weight excluding hydrogens is 388 g/mol. The minimum absolute atomic E-state index is 0.211. The molecule has 7 heteroatoms. The minimum atomic E-state index is -0.331. The molecule has 0 radical (unpaired) electrons. The summed E-state index contributed by atoms with van der Waals surface area (Å²) < 4.78 is 13.1. The molecule has 3 aromatic rings. The number of carbonyl (C=O) groups excluding carboxylic acids is 2. The average Bonchev–Trinajstić information content (AvgIpc) is 3.08. The van der Waals surface area contributed by atoms with Gasteiger partial charge in [0, 0.05) is 12.1 Å². The Bertz CT molecular complexity index is 1080. The molecule has 0 saturated carbocycles. The Balaban J connectivity index is 2.00. The fourth-order valence-electron chi connectivity index (χ4n) is 2.96. The Hall–Kier alpha value is -2.93. The van der Waals surface area contributed by atoms with Crippen molar-refractivity contribution in [3.8, 4) is 5.75 Å². The Morgan fingerprint density at radius 2 is 1.86 bits per heavy atom. The van der Waals surface area contributed by atoms with Gasteiger partial charge in [0.05, 0.1) is 30.4 Å². The van der Waals surface area contributed by atoms with Crippen LogP contribution in [0.2, 0.25) is 0 Å². The van der Waals surface area contributed by atoms with Crippen molar-refractivity contribution in [3.63, 3.8) is 0 Å². The van der Waals surface area contributed by atoms with Crippen molar-refractivity contribution in [1.82, 2.24) is 4.57 Å². The Labute approximate surface area is 173 Å². The van der Waals surface area contributed by atoms with Crippen LogP contribution in [0.5, 0.6) is 5.75 Å². The first-order valence-electron chi connectivity index (χ1n) is 9.56. The Morgan fingerprint density at radius 3 is 2.52 bits per heavy atom. The van der Waals surface area contributed by atoms with Gasteiger partial charge in [-0.2, -0.15) is 4.99 Å². The van der Waals surface area contributed by atoms with Gasteiger partial charge >= 0.3 is 5.97 Å². The molecule has 0 aliphatic rings. The van der Waals surface area contributed by atoms with Crippen LogP contribution in [0.3, 0.4) is 0 Å². The molecule has 1 amide bonds. The van der Waals surface area contributed by atoms with E-state index in [1.807, 2.05) is 17.6 Å². The molecule has 29 heavy (non-hydrogen) atoms. The van der Waals surface area contributed by atoms with Gasteiger partial charge in [-0.05, 0) is 55.3 Å². The van der Waals surface area contributed by atoms with Gasteiger partial charge in [-0.1, -0.05) is 24.3 Å². The van der Waals surface area contributed by atoms with Crippen LogP contribution in [0.4, 0.5) is 0 Å². The van der Waals surface area contributed by atoms with Crippen LogP contribution in [0.25, 0.3) is 10.2 Å². The second-order valence-electron chi connectivity index (χ2n) is 6.39. The van der Waals surface area contributed by atoms with Crippen LogP contribution in [-0.2, 0) is 22.5 Å². The van der Waals surface area contributed by atoms with Crippen molar-refractivity contribution in [2.45, 2.75) is 33.2 Å². The highest BCUT2D eigenvalue weighted by molar-refractivity contribution is 7.16. The number of carbonyl (C=O) groups is 2. The molecule has 6 nitrogen and oxygen atoms in total. The van der Waals surface area contributed by atoms with Gasteiger partial charge in [0.2, 0.25) is 0 Å². The highest BCUT2D eigenvalue weighted by atomic mass is 32.1. The van der Waals surface area contributed by atoms with E-state index in [-0.39, 0.29) is 18.3 Å². The number of ether oxygens (including phenoxy) is 2. The van der Waals surface area contributed by atoms with E-state index in [4.69, 9.17) is 9.47 Å². The summed E-state index contributed by atoms with van der Waals surface area (Å²) >= 11 is 1.45. The summed E-state index contributed by atoms with van der Waals surface area (Å²) in [5, 5.41) is 0. The molecule has 0 atom stereocenters. The van der Waals surface area contributed by atoms with Crippen molar-refractivity contribution in [2.24, 2.45) is 4.99 Å². The standard InChI is InChI=1S/C22H24N2O4S/c1-4-15-6-11-18-19(14-15)29-22(24(18)13-12-20(25)27-3)23-21(26)16-7-9-17(10-8-16)28-5-2/h6-11,14H,4-5,12-13H2,1-3H3. The largest absolute Gasteiger partial charge is 0.494 e. The summed E-state index contributed by atoms with van der Waals surface area (Å²) in [6.07, 6.45) is 1.13. The third kappa shape index (κ3) is 4.92. The van der Waals surface area contributed by atoms with Crippen LogP contribution in [0, 0.1) is 0 Å². The van der Waals surface area contributed by atoms with Crippen LogP contribution < -0.4 is 9.54 Å². The molecular formula is C22H24N2O4S. The number of hydrogen-bond acceptors (Lipinski definition) is 5. The molecule has 3 rings (SSSR count). The second kappa shape index (κ2) is 9.52. The van der Waals surface area contributed by atoms with Gasteiger partial charge in [0.15, 0.2) is 4.80 Å². The van der Waals surface area contributed by atoms with Gasteiger partial charge in [0.1, 0.15) is 5.75 Å². The number of aryl methyl sites for hydroxylation is 2. The van der Waals surface area contributed by atoms with E-state index in [0.717, 1.165) is 16.6 Å². The van der Waals surface area contributed by atoms with Gasteiger partial charge in [-0.15, -0.1) is 0 Å². The zero-order chi connectivity index (χ0) is 20.8. The summed E-state index contributed by atoms with van der Waals surface area (Å²) in [7, 11) is 1.37. The Kier molecular flexibility index (Phi) is 6.82. The van der Waals surface area contributed by atoms with E-state index in [2.05, 4.69) is 24.0 Å². The number of rotatable bonds is 7. The second-order valence-corrected chi connectivity index (χ2v) is 7.40. The molecule has 1 heterocycles. The summed E-state index contributed by atoms with van der Waals surface area (Å²) in [6, 6.07) is 13.1. The number of fused-ring (bicyclic) bond motifs is 1. The van der Waals surface area contributed by atoms with E-state index in [9.17, 15) is 9.59 Å². The average molecular weight is 413 g/mol. The maximum atomic E-state index is 12.7. The number of thiazole rings is 1. The highest BCUT2D eigenvalue weighted by Gasteiger charge is 2.12. The molecule has 0 aliphatic carbocycles. The van der Waals surface area contributed by atoms with Crippen molar-refractivity contribution in [3.05, 3.63) is 58.4 Å². The number of aromatic nitrogens is 1. The van der Waals surface area contributed by atoms with E-state index >= 15 is 0 Å². The first-order chi connectivity index (χ1) is 14.0. The van der Waals surface area contributed by atoms with Crippen LogP contribution >= 0.6 is 11.3 Å². The molecule has 0 N–H and O–H groups in total. The monoisotopic (exact) mass is 412 g/mol. The summed E-state index contributed by atoms with van der Waals surface area (Å²) in [4.78, 5) is 29.3. The van der Waals surface area contributed by atoms with Crippen molar-refractivity contribution in [1.29, 1.82) is 0 Å². The molecule has 0 unspecified atom stereocenters. The predicted molar refractivity (Wildman–Crippen MR) is 113 cm³/mol. The normalized spacial score (nSPS) is 11.6. The molecule has 0 saturated heterocycles. The van der Waals surface area contributed by atoms with E-state index in [0.29, 0.717) is 29.3 Å². The summed E-state index contributed by atoms with van der Waals surface area (Å²) in [6.45, 7) is 4.97. The summed E-state index contributed by atoms with van der Waals surface area (Å²) in [5.74, 6) is 0.0825. The molecule has 152 valence electrons. The van der Waals surface area contributed by atoms with Gasteiger partial charge < -0.3 is 14.0 Å². The lowest BCUT2D eigenvalue weighted by Crippen LogP contribution is -2.19. The Morgan fingerprint density at radius 1 is 1.10 bits per heavy atom. The van der Waals surface area contributed by atoms with Crippen LogP contribution in [0.1, 0.15) is 36.2 Å². The third-order valence-corrected chi connectivity index (χ3v) is 5.57. The summed E-state index contributed by atoms with van der Waals surface area (Å²) in [5.41, 5.74) is 2.65. The van der Waals surface area contributed by atoms with Gasteiger partial charge in [-0.25, -0.2) is 0 Å². The zero-order valence-electron chi connectivity index (χ0n) is 16.8. The van der Waals surface area contributed by atoms with E-state index in [1.54, 1.807) is 24.3 Å². The highest BCUT2D eigenvalue weighted by Crippen LogP contribution is 2.20. The molecule has 0 bridgehead atoms.